The molecule has 0 radical (unpaired) electrons. The Labute approximate surface area is 175 Å². The van der Waals surface area contributed by atoms with Crippen molar-refractivity contribution in [2.75, 3.05) is 69.9 Å². The second-order valence-electron chi connectivity index (χ2n) is 7.24. The number of nitrogens with zero attached hydrogens (tertiary/aromatic N) is 2. The Morgan fingerprint density at radius 2 is 1.79 bits per heavy atom. The maximum absolute atomic E-state index is 12.5. The van der Waals surface area contributed by atoms with Crippen molar-refractivity contribution in [1.29, 1.82) is 0 Å². The number of benzene rings is 1. The summed E-state index contributed by atoms with van der Waals surface area (Å²) in [5.41, 5.74) is 1.64. The quantitative estimate of drug-likeness (QED) is 0.573. The van der Waals surface area contributed by atoms with Crippen LogP contribution in [0.5, 0.6) is 11.5 Å². The lowest BCUT2D eigenvalue weighted by molar-refractivity contribution is -0.116. The van der Waals surface area contributed by atoms with Gasteiger partial charge in [0.1, 0.15) is 11.5 Å². The predicted molar refractivity (Wildman–Crippen MR) is 117 cm³/mol. The zero-order chi connectivity index (χ0) is 21.1. The fourth-order valence-corrected chi connectivity index (χ4v) is 3.29. The van der Waals surface area contributed by atoms with E-state index in [1.807, 2.05) is 26.0 Å². The van der Waals surface area contributed by atoms with E-state index in [4.69, 9.17) is 14.2 Å². The smallest absolute Gasteiger partial charge is 0.225 e. The monoisotopic (exact) mass is 407 g/mol. The first-order chi connectivity index (χ1) is 14.1. The van der Waals surface area contributed by atoms with Gasteiger partial charge in [0.25, 0.3) is 0 Å². The Morgan fingerprint density at radius 3 is 2.45 bits per heavy atom. The third kappa shape index (κ3) is 7.40. The molecule has 1 amide bonds. The van der Waals surface area contributed by atoms with E-state index in [0.29, 0.717) is 44.3 Å². The van der Waals surface area contributed by atoms with Crippen LogP contribution in [0.4, 0.5) is 11.4 Å². The van der Waals surface area contributed by atoms with Crippen LogP contribution in [0.25, 0.3) is 0 Å². The highest BCUT2D eigenvalue weighted by atomic mass is 16.5. The normalized spacial score (nSPS) is 14.2. The number of carbonyl (C=O) groups excluding carboxylic acids is 1. The number of amides is 1. The van der Waals surface area contributed by atoms with Crippen molar-refractivity contribution in [3.05, 3.63) is 12.1 Å². The summed E-state index contributed by atoms with van der Waals surface area (Å²) in [6, 6.07) is 3.86. The Balaban J connectivity index is 2.14. The highest BCUT2D eigenvalue weighted by Gasteiger charge is 2.20. The van der Waals surface area contributed by atoms with E-state index >= 15 is 0 Å². The molecule has 7 heteroatoms. The summed E-state index contributed by atoms with van der Waals surface area (Å²) in [6.45, 7) is 11.9. The van der Waals surface area contributed by atoms with Crippen LogP contribution < -0.4 is 19.7 Å². The van der Waals surface area contributed by atoms with Gasteiger partial charge in [-0.1, -0.05) is 13.3 Å². The standard InChI is InChI=1S/C22H37N3O4/c1-5-8-10-24(4)11-9-22(26)23-18-16-21(29-7-3)19(17-20(18)28-6-2)25-12-14-27-15-13-25/h16-17H,5-15H2,1-4H3,(H,23,26). The molecule has 164 valence electrons. The molecule has 0 aromatic heterocycles. The van der Waals surface area contributed by atoms with Crippen LogP contribution in [0, 0.1) is 0 Å². The summed E-state index contributed by atoms with van der Waals surface area (Å²) >= 11 is 0. The number of ether oxygens (including phenoxy) is 3. The molecule has 29 heavy (non-hydrogen) atoms. The first-order valence-electron chi connectivity index (χ1n) is 10.8. The molecule has 1 N–H and O–H groups in total. The van der Waals surface area contributed by atoms with E-state index < -0.39 is 0 Å². The van der Waals surface area contributed by atoms with E-state index in [2.05, 4.69) is 29.1 Å². The van der Waals surface area contributed by atoms with Crippen molar-refractivity contribution >= 4 is 17.3 Å². The van der Waals surface area contributed by atoms with Crippen molar-refractivity contribution in [3.8, 4) is 11.5 Å². The van der Waals surface area contributed by atoms with Crippen LogP contribution in [0.15, 0.2) is 12.1 Å². The predicted octanol–water partition coefficient (Wildman–Crippen LogP) is 3.38. The first kappa shape index (κ1) is 23.3. The summed E-state index contributed by atoms with van der Waals surface area (Å²) in [6.07, 6.45) is 2.75. The fraction of sp³-hybridized carbons (Fsp3) is 0.682. The van der Waals surface area contributed by atoms with Crippen LogP contribution in [-0.2, 0) is 9.53 Å². The molecule has 1 aliphatic rings. The molecule has 1 aromatic carbocycles. The molecular weight excluding hydrogens is 370 g/mol. The molecule has 0 saturated carbocycles. The molecule has 0 unspecified atom stereocenters. The maximum atomic E-state index is 12.5. The van der Waals surface area contributed by atoms with Crippen LogP contribution in [-0.4, -0.2) is 70.5 Å². The fourth-order valence-electron chi connectivity index (χ4n) is 3.29. The number of hydrogen-bond donors (Lipinski definition) is 1. The lowest BCUT2D eigenvalue weighted by atomic mass is 10.2. The molecule has 0 spiro atoms. The summed E-state index contributed by atoms with van der Waals surface area (Å²) in [5.74, 6) is 1.41. The summed E-state index contributed by atoms with van der Waals surface area (Å²) in [5, 5.41) is 3.02. The molecule has 1 heterocycles. The van der Waals surface area contributed by atoms with Gasteiger partial charge in [-0.25, -0.2) is 0 Å². The Hall–Kier alpha value is -1.99. The van der Waals surface area contributed by atoms with Crippen molar-refractivity contribution < 1.29 is 19.0 Å². The second kappa shape index (κ2) is 12.5. The van der Waals surface area contributed by atoms with Crippen LogP contribution >= 0.6 is 0 Å². The van der Waals surface area contributed by atoms with Crippen molar-refractivity contribution in [3.63, 3.8) is 0 Å². The average molecular weight is 408 g/mol. The molecular formula is C22H37N3O4. The van der Waals surface area contributed by atoms with Gasteiger partial charge >= 0.3 is 0 Å². The van der Waals surface area contributed by atoms with E-state index in [9.17, 15) is 4.79 Å². The molecule has 1 fully saturated rings. The number of morpholine rings is 1. The van der Waals surface area contributed by atoms with Crippen LogP contribution in [0.3, 0.4) is 0 Å². The van der Waals surface area contributed by atoms with Crippen molar-refractivity contribution in [2.45, 2.75) is 40.0 Å². The zero-order valence-electron chi connectivity index (χ0n) is 18.5. The number of unbranched alkanes of at least 4 members (excludes halogenated alkanes) is 1. The minimum Gasteiger partial charge on any atom is -0.492 e. The average Bonchev–Trinajstić information content (AvgIpc) is 2.73. The van der Waals surface area contributed by atoms with Crippen molar-refractivity contribution in [2.24, 2.45) is 0 Å². The van der Waals surface area contributed by atoms with Gasteiger partial charge in [0.05, 0.1) is 37.8 Å². The van der Waals surface area contributed by atoms with E-state index in [1.54, 1.807) is 0 Å². The number of rotatable bonds is 12. The molecule has 1 aromatic rings. The first-order valence-corrected chi connectivity index (χ1v) is 10.8. The lowest BCUT2D eigenvalue weighted by Crippen LogP contribution is -2.36. The molecule has 1 aliphatic heterocycles. The zero-order valence-corrected chi connectivity index (χ0v) is 18.5. The van der Waals surface area contributed by atoms with Gasteiger partial charge in [-0.15, -0.1) is 0 Å². The summed E-state index contributed by atoms with van der Waals surface area (Å²) in [7, 11) is 2.05. The minimum absolute atomic E-state index is 0.0177. The second-order valence-corrected chi connectivity index (χ2v) is 7.24. The van der Waals surface area contributed by atoms with Crippen LogP contribution in [0.1, 0.15) is 40.0 Å². The third-order valence-electron chi connectivity index (χ3n) is 4.90. The Bertz CT molecular complexity index is 633. The molecule has 0 bridgehead atoms. The van der Waals surface area contributed by atoms with Crippen LogP contribution in [0.2, 0.25) is 0 Å². The highest BCUT2D eigenvalue weighted by Crippen LogP contribution is 2.39. The van der Waals surface area contributed by atoms with Gasteiger partial charge in [0.15, 0.2) is 0 Å². The Kier molecular flexibility index (Phi) is 10.1. The van der Waals surface area contributed by atoms with Crippen molar-refractivity contribution in [1.82, 2.24) is 4.90 Å². The summed E-state index contributed by atoms with van der Waals surface area (Å²) < 4.78 is 17.2. The summed E-state index contributed by atoms with van der Waals surface area (Å²) in [4.78, 5) is 17.0. The number of anilines is 2. The molecule has 0 atom stereocenters. The van der Waals surface area contributed by atoms with E-state index in [1.165, 1.54) is 0 Å². The third-order valence-corrected chi connectivity index (χ3v) is 4.90. The Morgan fingerprint density at radius 1 is 1.10 bits per heavy atom. The SMILES string of the molecule is CCCCN(C)CCC(=O)Nc1cc(OCC)c(N2CCOCC2)cc1OCC. The van der Waals surface area contributed by atoms with E-state index in [-0.39, 0.29) is 5.91 Å². The maximum Gasteiger partial charge on any atom is 0.225 e. The minimum atomic E-state index is -0.0177. The van der Waals surface area contributed by atoms with Gasteiger partial charge in [-0.05, 0) is 33.9 Å². The van der Waals surface area contributed by atoms with Gasteiger partial charge < -0.3 is 29.3 Å². The molecule has 1 saturated heterocycles. The van der Waals surface area contributed by atoms with Gasteiger partial charge in [-0.3, -0.25) is 4.79 Å². The molecule has 2 rings (SSSR count). The van der Waals surface area contributed by atoms with Gasteiger partial charge in [0, 0.05) is 38.2 Å². The van der Waals surface area contributed by atoms with Gasteiger partial charge in [0.2, 0.25) is 5.91 Å². The topological polar surface area (TPSA) is 63.3 Å². The van der Waals surface area contributed by atoms with Gasteiger partial charge in [-0.2, -0.15) is 0 Å². The number of hydrogen-bond acceptors (Lipinski definition) is 6. The number of nitrogens with one attached hydrogen (secondary N) is 1. The number of carbonyl (C=O) groups is 1. The lowest BCUT2D eigenvalue weighted by Gasteiger charge is -2.31. The largest absolute Gasteiger partial charge is 0.492 e. The highest BCUT2D eigenvalue weighted by molar-refractivity contribution is 5.93. The molecule has 7 nitrogen and oxygen atoms in total. The van der Waals surface area contributed by atoms with E-state index in [0.717, 1.165) is 50.5 Å². The molecule has 0 aliphatic carbocycles.